The van der Waals surface area contributed by atoms with Crippen LogP contribution >= 0.6 is 0 Å². The van der Waals surface area contributed by atoms with E-state index in [1.165, 1.54) is 0 Å². The van der Waals surface area contributed by atoms with Crippen LogP contribution in [0.25, 0.3) is 0 Å². The fourth-order valence-electron chi connectivity index (χ4n) is 1.97. The Morgan fingerprint density at radius 1 is 1.00 bits per heavy atom. The minimum atomic E-state index is -1.68. The molecule has 23 heavy (non-hydrogen) atoms. The van der Waals surface area contributed by atoms with Gasteiger partial charge in [-0.3, -0.25) is 9.97 Å². The van der Waals surface area contributed by atoms with Crippen molar-refractivity contribution < 1.29 is 19.0 Å². The van der Waals surface area contributed by atoms with Gasteiger partial charge in [-0.05, 0) is 19.3 Å². The summed E-state index contributed by atoms with van der Waals surface area (Å²) in [5.41, 5.74) is 2.41. The Bertz CT molecular complexity index is 317. The van der Waals surface area contributed by atoms with Crippen molar-refractivity contribution in [3.63, 3.8) is 0 Å². The van der Waals surface area contributed by atoms with Gasteiger partial charge in [0.05, 0.1) is 26.4 Å². The Labute approximate surface area is 138 Å². The highest BCUT2D eigenvalue weighted by Gasteiger charge is 2.47. The second-order valence-corrected chi connectivity index (χ2v) is 5.50. The number of unbranched alkanes of at least 4 members (excludes halogenated alkanes) is 3. The van der Waals surface area contributed by atoms with E-state index in [9.17, 15) is 10.0 Å². The molecule has 1 fully saturated rings. The number of rotatable bonds is 13. The number of nitrogens with zero attached hydrogens (tertiary/aromatic N) is 2. The van der Waals surface area contributed by atoms with Crippen LogP contribution in [0.3, 0.4) is 0 Å². The van der Waals surface area contributed by atoms with Crippen LogP contribution in [-0.2, 0) is 19.0 Å². The fraction of sp³-hybridized carbons (Fsp3) is 0.933. The second kappa shape index (κ2) is 10.9. The van der Waals surface area contributed by atoms with E-state index in [2.05, 4.69) is 5.53 Å². The molecule has 0 radical (unpaired) electrons. The standard InChI is InChI=1S/C15H30N3O5/c1-4-7-10-21-15(22-11-8-5-2,23-12-9-6-3)18-14(19)13-17(20)16-18/h16H,4-13H2,1-3H3/q-1. The molecular formula is C15H30N3O5-. The molecule has 1 aliphatic heterocycles. The van der Waals surface area contributed by atoms with Gasteiger partial charge in [0.15, 0.2) is 0 Å². The molecule has 1 heterocycles. The highest BCUT2D eigenvalue weighted by molar-refractivity contribution is 5.79. The lowest BCUT2D eigenvalue weighted by Gasteiger charge is -2.39. The van der Waals surface area contributed by atoms with Gasteiger partial charge in [-0.2, -0.15) is 10.5 Å². The third kappa shape index (κ3) is 6.33. The zero-order chi connectivity index (χ0) is 17.1. The predicted octanol–water partition coefficient (Wildman–Crippen LogP) is 2.11. The molecule has 0 saturated carbocycles. The van der Waals surface area contributed by atoms with Crippen molar-refractivity contribution in [1.82, 2.24) is 15.7 Å². The van der Waals surface area contributed by atoms with Crippen LogP contribution in [0.5, 0.6) is 0 Å². The van der Waals surface area contributed by atoms with E-state index in [-0.39, 0.29) is 6.54 Å². The number of carbonyl (C=O) groups is 1. The molecule has 0 unspecified atom stereocenters. The number of amides is 1. The van der Waals surface area contributed by atoms with Crippen LogP contribution < -0.4 is 5.53 Å². The van der Waals surface area contributed by atoms with Crippen molar-refractivity contribution >= 4 is 5.91 Å². The van der Waals surface area contributed by atoms with Crippen LogP contribution in [0.4, 0.5) is 0 Å². The van der Waals surface area contributed by atoms with Gasteiger partial charge in [0.2, 0.25) is 0 Å². The van der Waals surface area contributed by atoms with Crippen LogP contribution in [-0.4, -0.2) is 48.6 Å². The number of hydroxylamine groups is 1. The first-order chi connectivity index (χ1) is 11.1. The number of hydrogen-bond acceptors (Lipinski definition) is 7. The molecular weight excluding hydrogens is 302 g/mol. The van der Waals surface area contributed by atoms with Crippen LogP contribution in [0.2, 0.25) is 0 Å². The summed E-state index contributed by atoms with van der Waals surface area (Å²) in [6.45, 7) is 6.95. The Morgan fingerprint density at radius 2 is 1.43 bits per heavy atom. The zero-order valence-electron chi connectivity index (χ0n) is 14.5. The average Bonchev–Trinajstić information content (AvgIpc) is 2.86. The Balaban J connectivity index is 2.86. The highest BCUT2D eigenvalue weighted by atomic mass is 16.9. The molecule has 1 N–H and O–H groups in total. The molecule has 0 aromatic carbocycles. The molecule has 0 aromatic heterocycles. The van der Waals surface area contributed by atoms with Gasteiger partial charge < -0.3 is 19.4 Å². The summed E-state index contributed by atoms with van der Waals surface area (Å²) in [4.78, 5) is 12.1. The van der Waals surface area contributed by atoms with Crippen LogP contribution in [0.1, 0.15) is 59.3 Å². The lowest BCUT2D eigenvalue weighted by Crippen LogP contribution is -2.60. The first-order valence-electron chi connectivity index (χ1n) is 8.55. The molecule has 1 amide bonds. The SMILES string of the molecule is CCCCOC(OCCCC)(OCCCC)N1NN([O-])CC1=O. The van der Waals surface area contributed by atoms with E-state index in [1.54, 1.807) is 0 Å². The van der Waals surface area contributed by atoms with E-state index in [0.717, 1.165) is 43.5 Å². The summed E-state index contributed by atoms with van der Waals surface area (Å²) >= 11 is 0. The molecule has 0 bridgehead atoms. The Kier molecular flexibility index (Phi) is 9.61. The maximum atomic E-state index is 12.1. The van der Waals surface area contributed by atoms with Crippen molar-refractivity contribution in [1.29, 1.82) is 0 Å². The Hall–Kier alpha value is -0.770. The van der Waals surface area contributed by atoms with Crippen molar-refractivity contribution in [2.45, 2.75) is 65.4 Å². The van der Waals surface area contributed by atoms with Crippen molar-refractivity contribution in [2.24, 2.45) is 0 Å². The van der Waals surface area contributed by atoms with E-state index in [0.29, 0.717) is 25.0 Å². The summed E-state index contributed by atoms with van der Waals surface area (Å²) < 4.78 is 17.4. The van der Waals surface area contributed by atoms with Gasteiger partial charge >= 0.3 is 6.10 Å². The van der Waals surface area contributed by atoms with Crippen molar-refractivity contribution in [3.05, 3.63) is 5.21 Å². The third-order valence-corrected chi connectivity index (χ3v) is 3.36. The first kappa shape index (κ1) is 20.3. The molecule has 8 nitrogen and oxygen atoms in total. The molecule has 0 atom stereocenters. The molecule has 0 spiro atoms. The number of hydrazine groups is 2. The van der Waals surface area contributed by atoms with Crippen LogP contribution in [0.15, 0.2) is 0 Å². The number of hydrogen-bond donors (Lipinski definition) is 1. The normalized spacial score (nSPS) is 16.5. The fourth-order valence-corrected chi connectivity index (χ4v) is 1.97. The number of nitrogens with one attached hydrogen (secondary N) is 1. The minimum Gasteiger partial charge on any atom is -0.770 e. The van der Waals surface area contributed by atoms with Gasteiger partial charge in [-0.1, -0.05) is 40.0 Å². The van der Waals surface area contributed by atoms with Gasteiger partial charge in [-0.15, -0.1) is 0 Å². The maximum absolute atomic E-state index is 12.1. The monoisotopic (exact) mass is 332 g/mol. The smallest absolute Gasteiger partial charge is 0.394 e. The lowest BCUT2D eigenvalue weighted by atomic mass is 10.3. The molecule has 1 aliphatic rings. The van der Waals surface area contributed by atoms with E-state index >= 15 is 0 Å². The van der Waals surface area contributed by atoms with Gasteiger partial charge in [0.1, 0.15) is 0 Å². The van der Waals surface area contributed by atoms with E-state index in [4.69, 9.17) is 14.2 Å². The molecule has 136 valence electrons. The molecule has 8 heteroatoms. The molecule has 1 saturated heterocycles. The highest BCUT2D eigenvalue weighted by Crippen LogP contribution is 2.24. The predicted molar refractivity (Wildman–Crippen MR) is 85.4 cm³/mol. The maximum Gasteiger partial charge on any atom is 0.394 e. The quantitative estimate of drug-likeness (QED) is 0.408. The summed E-state index contributed by atoms with van der Waals surface area (Å²) in [6.07, 6.45) is 3.55. The Morgan fingerprint density at radius 3 is 1.74 bits per heavy atom. The molecule has 0 aliphatic carbocycles. The first-order valence-corrected chi connectivity index (χ1v) is 8.55. The van der Waals surface area contributed by atoms with E-state index < -0.39 is 12.0 Å². The van der Waals surface area contributed by atoms with E-state index in [1.807, 2.05) is 20.8 Å². The molecule has 0 aromatic rings. The van der Waals surface area contributed by atoms with Crippen molar-refractivity contribution in [3.8, 4) is 0 Å². The summed E-state index contributed by atoms with van der Waals surface area (Å²) in [7, 11) is 0. The third-order valence-electron chi connectivity index (χ3n) is 3.36. The second-order valence-electron chi connectivity index (χ2n) is 5.50. The number of ether oxygens (including phenoxy) is 3. The summed E-state index contributed by atoms with van der Waals surface area (Å²) in [6, 6.07) is 0. The van der Waals surface area contributed by atoms with Crippen LogP contribution in [0, 0.1) is 5.21 Å². The number of carbonyl (C=O) groups excluding carboxylic acids is 1. The van der Waals surface area contributed by atoms with Gasteiger partial charge in [0.25, 0.3) is 5.91 Å². The average molecular weight is 332 g/mol. The van der Waals surface area contributed by atoms with Gasteiger partial charge in [-0.25, -0.2) is 0 Å². The molecule has 1 rings (SSSR count). The van der Waals surface area contributed by atoms with Gasteiger partial charge in [0, 0.05) is 0 Å². The largest absolute Gasteiger partial charge is 0.770 e. The zero-order valence-corrected chi connectivity index (χ0v) is 14.5. The minimum absolute atomic E-state index is 0.298. The lowest BCUT2D eigenvalue weighted by molar-refractivity contribution is -0.446. The summed E-state index contributed by atoms with van der Waals surface area (Å²) in [5.74, 6) is -0.440. The topological polar surface area (TPSA) is 86.3 Å². The summed E-state index contributed by atoms with van der Waals surface area (Å²) in [5, 5.41) is 12.9. The van der Waals surface area contributed by atoms with Crippen molar-refractivity contribution in [2.75, 3.05) is 26.4 Å².